The minimum Gasteiger partial charge on any atom is -0.504 e. The number of benzene rings is 2. The van der Waals surface area contributed by atoms with Gasteiger partial charge < -0.3 is 101 Å². The molecule has 6 amide bonds. The van der Waals surface area contributed by atoms with Crippen LogP contribution in [-0.4, -0.2) is 266 Å². The summed E-state index contributed by atoms with van der Waals surface area (Å²) in [5.41, 5.74) is 0.953. The third kappa shape index (κ3) is 20.9. The number of halogens is 1. The van der Waals surface area contributed by atoms with Crippen LogP contribution in [-0.2, 0) is 50.3 Å². The molecular weight excluding hydrogens is 1340 g/mol. The number of aliphatic hydroxyl groups is 8. The summed E-state index contributed by atoms with van der Waals surface area (Å²) in [6.45, 7) is 2.44. The summed E-state index contributed by atoms with van der Waals surface area (Å²) in [7, 11) is -3.39. The molecule has 2 aliphatic carbocycles. The number of carbonyl (C=O) groups is 6. The van der Waals surface area contributed by atoms with E-state index in [0.29, 0.717) is 48.6 Å². The van der Waals surface area contributed by atoms with Crippen molar-refractivity contribution in [3.8, 4) is 22.1 Å². The number of phenolic OH excluding ortho intramolecular Hbond substituents is 1. The lowest BCUT2D eigenvalue weighted by molar-refractivity contribution is -0.145. The summed E-state index contributed by atoms with van der Waals surface area (Å²) in [5, 5.41) is 123. The average Bonchev–Trinajstić information content (AvgIpc) is 1.35. The topological polar surface area (TPSA) is 465 Å². The second-order valence-corrected chi connectivity index (χ2v) is 29.2. The van der Waals surface area contributed by atoms with Crippen molar-refractivity contribution in [2.24, 2.45) is 17.8 Å². The molecule has 2 aromatic carbocycles. The third-order valence-corrected chi connectivity index (χ3v) is 21.7. The van der Waals surface area contributed by atoms with Crippen molar-refractivity contribution in [1.29, 1.82) is 0 Å². The number of amides is 6. The molecule has 3 saturated heterocycles. The fraction of sp³-hybridized carbons (Fsp3) is 0.692. The first-order valence-electron chi connectivity index (χ1n) is 34.0. The van der Waals surface area contributed by atoms with Crippen LogP contribution in [0.15, 0.2) is 36.4 Å². The molecule has 5 aliphatic rings. The Morgan fingerprint density at radius 3 is 2.16 bits per heavy atom. The Morgan fingerprint density at radius 1 is 0.838 bits per heavy atom. The summed E-state index contributed by atoms with van der Waals surface area (Å²) in [6.07, 6.45) is -0.103. The lowest BCUT2D eigenvalue weighted by Crippen LogP contribution is -2.63. The van der Waals surface area contributed by atoms with Crippen molar-refractivity contribution in [1.82, 2.24) is 51.9 Å². The quantitative estimate of drug-likeness (QED) is 0.0238. The number of aromatic hydroxyl groups is 1. The van der Waals surface area contributed by atoms with Gasteiger partial charge in [-0.3, -0.25) is 33.3 Å². The van der Waals surface area contributed by atoms with Crippen LogP contribution in [0.3, 0.4) is 0 Å². The number of nitrogens with zero attached hydrogens (tertiary/aromatic N) is 5. The number of phenols is 1. The van der Waals surface area contributed by atoms with E-state index >= 15 is 4.39 Å². The van der Waals surface area contributed by atoms with Gasteiger partial charge in [0.15, 0.2) is 16.5 Å². The Hall–Kier alpha value is -6.38. The van der Waals surface area contributed by atoms with Gasteiger partial charge in [-0.15, -0.1) is 10.2 Å². The number of carbonyl (C=O) groups excluding carboxylic acids is 6. The fourth-order valence-electron chi connectivity index (χ4n) is 14.3. The van der Waals surface area contributed by atoms with E-state index < -0.39 is 163 Å². The van der Waals surface area contributed by atoms with Crippen molar-refractivity contribution in [2.45, 2.75) is 195 Å². The lowest BCUT2D eigenvalue weighted by atomic mass is 9.72. The van der Waals surface area contributed by atoms with Crippen molar-refractivity contribution < 1.29 is 101 Å². The number of rotatable bonds is 34. The smallest absolute Gasteiger partial charge is 0.446 e. The first-order valence-corrected chi connectivity index (χ1v) is 36.2. The molecular formula is C65H98FN11O20S2. The molecule has 1 aromatic heterocycles. The molecule has 3 aliphatic heterocycles. The first-order chi connectivity index (χ1) is 47.1. The zero-order valence-corrected chi connectivity index (χ0v) is 57.6. The van der Waals surface area contributed by atoms with E-state index in [2.05, 4.69) is 51.2 Å². The molecule has 0 radical (unpaired) electrons. The van der Waals surface area contributed by atoms with E-state index in [1.54, 1.807) is 19.1 Å². The summed E-state index contributed by atoms with van der Waals surface area (Å²) in [4.78, 5) is 88.2. The largest absolute Gasteiger partial charge is 0.504 e. The van der Waals surface area contributed by atoms with Crippen LogP contribution in [0.2, 0.25) is 0 Å². The van der Waals surface area contributed by atoms with Gasteiger partial charge in [-0.1, -0.05) is 43.6 Å². The SMILES string of the molecule is COC1(C2CCCCC2)CCN(c2ccc(-c3nnc(C4CCC(CN[C@@H](C[C@@H](O)CNC=O)C(=O)N[C@H](C(=O)N5C[C@H](O)C[C@H]5C(=O)N[C@H](C(=O)N[C@H](C(=O)N5C[C@@H](O)[C@@H](C)C5)[C@H](O)CCNC(CO)CO)[C@H](O)Cc5ccc(O)c(OS(=O)(=O)O)c5)[C@@H](C)O)CC4)s3)c(F)c2)CC1. The molecule has 2 saturated carbocycles. The molecule has 31 nitrogen and oxygen atoms in total. The predicted molar refractivity (Wildman–Crippen MR) is 356 cm³/mol. The number of aromatic nitrogens is 2. The van der Waals surface area contributed by atoms with Gasteiger partial charge in [0, 0.05) is 82.3 Å². The average molecular weight is 1440 g/mol. The second kappa shape index (κ2) is 36.0. The molecule has 0 spiro atoms. The summed E-state index contributed by atoms with van der Waals surface area (Å²) in [6, 6.07) is -1.41. The molecule has 99 heavy (non-hydrogen) atoms. The van der Waals surface area contributed by atoms with Gasteiger partial charge in [0.1, 0.15) is 35.0 Å². The molecule has 34 heteroatoms. The Kier molecular flexibility index (Phi) is 28.5. The molecule has 8 rings (SSSR count). The maximum Gasteiger partial charge on any atom is 0.446 e. The van der Waals surface area contributed by atoms with Gasteiger partial charge in [0.2, 0.25) is 35.9 Å². The van der Waals surface area contributed by atoms with Crippen molar-refractivity contribution in [2.75, 3.05) is 77.6 Å². The second-order valence-electron chi connectivity index (χ2n) is 27.1. The van der Waals surface area contributed by atoms with Gasteiger partial charge in [0.25, 0.3) is 0 Å². The molecule has 4 heterocycles. The minimum atomic E-state index is -5.21. The molecule has 16 N–H and O–H groups in total. The maximum atomic E-state index is 16.0. The monoisotopic (exact) mass is 1440 g/mol. The normalized spacial score (nSPS) is 23.9. The number of ether oxygens (including phenoxy) is 1. The number of methoxy groups -OCH3 is 1. The Labute approximate surface area is 578 Å². The predicted octanol–water partition coefficient (Wildman–Crippen LogP) is -1.54. The van der Waals surface area contributed by atoms with Gasteiger partial charge in [0.05, 0.1) is 67.5 Å². The number of β-amino-alcohol motifs (C(OH)–C–C–N with tert-alkyl or cyclic N) is 2. The fourth-order valence-corrected chi connectivity index (χ4v) is 15.7. The van der Waals surface area contributed by atoms with Gasteiger partial charge >= 0.3 is 10.4 Å². The van der Waals surface area contributed by atoms with Crippen LogP contribution in [0.1, 0.15) is 120 Å². The number of aliphatic hydroxyl groups excluding tert-OH is 8. The van der Waals surface area contributed by atoms with E-state index in [-0.39, 0.29) is 74.4 Å². The van der Waals surface area contributed by atoms with Gasteiger partial charge in [-0.2, -0.15) is 8.42 Å². The highest BCUT2D eigenvalue weighted by Gasteiger charge is 2.47. The highest BCUT2D eigenvalue weighted by molar-refractivity contribution is 7.81. The number of likely N-dealkylation sites (tertiary alicyclic amines) is 2. The summed E-state index contributed by atoms with van der Waals surface area (Å²) < 4.78 is 59.2. The molecule has 552 valence electrons. The third-order valence-electron chi connectivity index (χ3n) is 20.2. The number of nitrogens with one attached hydrogen (secondary N) is 6. The van der Waals surface area contributed by atoms with Crippen molar-refractivity contribution in [3.05, 3.63) is 52.8 Å². The van der Waals surface area contributed by atoms with Crippen LogP contribution < -0.4 is 41.0 Å². The molecule has 5 fully saturated rings. The number of hydrogen-bond acceptors (Lipinski definition) is 25. The van der Waals surface area contributed by atoms with Crippen molar-refractivity contribution >= 4 is 63.4 Å². The Balaban J connectivity index is 0.932. The molecule has 12 atom stereocenters. The maximum absolute atomic E-state index is 16.0. The number of anilines is 1. The van der Waals surface area contributed by atoms with Crippen LogP contribution >= 0.6 is 11.3 Å². The van der Waals surface area contributed by atoms with Gasteiger partial charge in [-0.05, 0) is 132 Å². The zero-order chi connectivity index (χ0) is 71.9. The zero-order valence-electron chi connectivity index (χ0n) is 55.9. The summed E-state index contributed by atoms with van der Waals surface area (Å²) >= 11 is 1.34. The molecule has 0 unspecified atom stereocenters. The highest BCUT2D eigenvalue weighted by Crippen LogP contribution is 2.44. The van der Waals surface area contributed by atoms with E-state index in [4.69, 9.17) is 4.74 Å². The standard InChI is InChI=1S/C65H98FN11O20S2/c1-36-30-76(32-53(36)87)63(91)57(51(85)17-20-68-42(33-78)34-79)72-60(90)56(52(86)23-39-11-16-50(84)54(24-39)97-99(93,94)95)71-59(89)49-27-45(83)31-77(49)64(92)55(37(2)81)70-58(88)48(26-44(82)29-67-35-80)69-28-38-9-12-40(13-10-38)61-73-74-62(98-61)46-15-14-43(25-47(46)66)75-21-18-65(96-3,19-22-75)41-7-5-4-6-8-41/h11,14-16,24-25,35-38,40-42,44-45,48-49,51-53,55-57,68-69,78-79,81-87H,4-10,12-13,17-23,26-34H2,1-3H3,(H,67,80)(H,70,88)(H,71,89)(H,72,90)(H,93,94,95)/t36-,37+,38?,40?,44+,45+,48-,49-,51+,52+,53+,55-,56-,57-/m0/s1. The number of piperidine rings is 1. The Morgan fingerprint density at radius 2 is 1.54 bits per heavy atom. The van der Waals surface area contributed by atoms with E-state index in [1.165, 1.54) is 55.3 Å². The van der Waals surface area contributed by atoms with E-state index in [1.807, 2.05) is 13.2 Å². The number of hydrogen-bond donors (Lipinski definition) is 16. The van der Waals surface area contributed by atoms with Gasteiger partial charge in [-0.25, -0.2) is 4.39 Å². The Bertz CT molecular complexity index is 3290. The van der Waals surface area contributed by atoms with Crippen molar-refractivity contribution in [3.63, 3.8) is 0 Å². The lowest BCUT2D eigenvalue weighted by Gasteiger charge is -2.47. The molecule has 3 aromatic rings. The van der Waals surface area contributed by atoms with E-state index in [9.17, 15) is 87.7 Å². The van der Waals surface area contributed by atoms with E-state index in [0.717, 1.165) is 59.7 Å². The highest BCUT2D eigenvalue weighted by atomic mass is 32.3. The first kappa shape index (κ1) is 78.3. The molecule has 0 bridgehead atoms. The van der Waals surface area contributed by atoms with Crippen LogP contribution in [0.4, 0.5) is 10.1 Å². The minimum absolute atomic E-state index is 0.00754. The summed E-state index contributed by atoms with van der Waals surface area (Å²) in [5.74, 6) is -7.26. The van der Waals surface area contributed by atoms with Crippen LogP contribution in [0.25, 0.3) is 10.6 Å². The van der Waals surface area contributed by atoms with Crippen LogP contribution in [0.5, 0.6) is 11.5 Å². The van der Waals surface area contributed by atoms with Crippen LogP contribution in [0, 0.1) is 23.6 Å².